The number of fused-ring (bicyclic) bond motifs is 2. The standard InChI is InChI=1S/C47H48F4N10O5S/c48-35-21-28(20-32-33(35)23-61(45(32)66)42(44(65)56-46-52-12-19-67-46)41-38-2-1-13-60(38)26-53-41)27-3-6-30(7-4-27)58-15-17-59(18-16-58)40(63)24-57-14-11-34(47(50,51)25-57)31-8-5-29(22-36(31)49)54-37-9-10-39(62)55-43(37)64/h3-8,12,19-22,26,34,37,42,44,54,65H,1-2,9-11,13-18,23-25H2,(H,52,56)(H,55,62,64). The van der Waals surface area contributed by atoms with E-state index in [1.54, 1.807) is 28.9 Å². The van der Waals surface area contributed by atoms with Gasteiger partial charge in [0, 0.05) is 78.9 Å². The van der Waals surface area contributed by atoms with Gasteiger partial charge in [0.2, 0.25) is 17.7 Å². The van der Waals surface area contributed by atoms with Crippen molar-refractivity contribution < 1.29 is 41.8 Å². The van der Waals surface area contributed by atoms with Gasteiger partial charge in [0.1, 0.15) is 23.7 Å². The summed E-state index contributed by atoms with van der Waals surface area (Å²) in [5.74, 6) is -7.64. The van der Waals surface area contributed by atoms with Crippen LogP contribution in [0.15, 0.2) is 72.5 Å². The highest BCUT2D eigenvalue weighted by Crippen LogP contribution is 2.43. The average Bonchev–Trinajstić information content (AvgIpc) is 4.13. The van der Waals surface area contributed by atoms with Crippen molar-refractivity contribution in [1.82, 2.24) is 34.6 Å². The van der Waals surface area contributed by atoms with E-state index in [1.165, 1.54) is 39.3 Å². The number of aliphatic hydroxyl groups excluding tert-OH is 1. The molecule has 3 fully saturated rings. The zero-order chi connectivity index (χ0) is 46.6. The molecule has 7 heterocycles. The quantitative estimate of drug-likeness (QED) is 0.0724. The topological polar surface area (TPSA) is 168 Å². The third kappa shape index (κ3) is 8.84. The summed E-state index contributed by atoms with van der Waals surface area (Å²) in [5, 5.41) is 21.9. The lowest BCUT2D eigenvalue weighted by Gasteiger charge is -2.40. The molecule has 5 aliphatic heterocycles. The third-order valence-corrected chi connectivity index (χ3v) is 14.3. The number of likely N-dealkylation sites (tertiary alicyclic amines) is 1. The number of halogens is 4. The molecule has 3 aromatic carbocycles. The van der Waals surface area contributed by atoms with Gasteiger partial charge in [0.05, 0.1) is 37.6 Å². The third-order valence-electron chi connectivity index (χ3n) is 13.6. The first-order valence-corrected chi connectivity index (χ1v) is 23.3. The fourth-order valence-corrected chi connectivity index (χ4v) is 10.7. The molecule has 20 heteroatoms. The van der Waals surface area contributed by atoms with E-state index in [-0.39, 0.29) is 73.1 Å². The molecule has 4 unspecified atom stereocenters. The second kappa shape index (κ2) is 18.0. The lowest BCUT2D eigenvalue weighted by Crippen LogP contribution is -2.54. The van der Waals surface area contributed by atoms with E-state index < -0.39 is 60.1 Å². The molecule has 2 aromatic heterocycles. The van der Waals surface area contributed by atoms with Gasteiger partial charge >= 0.3 is 0 Å². The van der Waals surface area contributed by atoms with E-state index >= 15 is 17.6 Å². The summed E-state index contributed by atoms with van der Waals surface area (Å²) in [6.07, 6.45) is 4.05. The molecule has 4 atom stereocenters. The highest BCUT2D eigenvalue weighted by Gasteiger charge is 2.47. The second-order valence-electron chi connectivity index (χ2n) is 17.8. The number of aliphatic hydroxyl groups is 1. The van der Waals surface area contributed by atoms with Crippen molar-refractivity contribution >= 4 is 51.5 Å². The highest BCUT2D eigenvalue weighted by atomic mass is 32.1. The van der Waals surface area contributed by atoms with Gasteiger partial charge in [-0.2, -0.15) is 0 Å². The molecule has 10 rings (SSSR count). The molecule has 0 aliphatic carbocycles. The number of rotatable bonds is 12. The summed E-state index contributed by atoms with van der Waals surface area (Å²) < 4.78 is 64.5. The maximum absolute atomic E-state index is 16.0. The molecule has 5 aromatic rings. The molecule has 0 bridgehead atoms. The summed E-state index contributed by atoms with van der Waals surface area (Å²) in [6.45, 7) is 1.79. The number of amides is 4. The molecule has 0 radical (unpaired) electrons. The molecule has 0 spiro atoms. The number of carbonyl (C=O) groups excluding carboxylic acids is 4. The fourth-order valence-electron chi connectivity index (χ4n) is 10.1. The van der Waals surface area contributed by atoms with Gasteiger partial charge in [-0.15, -0.1) is 11.3 Å². The maximum Gasteiger partial charge on any atom is 0.267 e. The Bertz CT molecular complexity index is 2710. The Hall–Kier alpha value is -6.38. The van der Waals surface area contributed by atoms with E-state index in [2.05, 4.69) is 30.8 Å². The van der Waals surface area contributed by atoms with E-state index in [1.807, 2.05) is 28.8 Å². The number of benzene rings is 3. The molecule has 3 saturated heterocycles. The van der Waals surface area contributed by atoms with Crippen LogP contribution in [0.1, 0.15) is 70.5 Å². The maximum atomic E-state index is 16.0. The largest absolute Gasteiger partial charge is 0.374 e. The first-order chi connectivity index (χ1) is 32.3. The lowest BCUT2D eigenvalue weighted by atomic mass is 9.85. The Morgan fingerprint density at radius 2 is 1.73 bits per heavy atom. The number of hydrogen-bond donors (Lipinski definition) is 4. The van der Waals surface area contributed by atoms with Crippen molar-refractivity contribution in [1.29, 1.82) is 0 Å². The molecular formula is C47H48F4N10O5S. The Morgan fingerprint density at radius 3 is 2.46 bits per heavy atom. The number of nitrogens with one attached hydrogen (secondary N) is 3. The van der Waals surface area contributed by atoms with Crippen LogP contribution in [-0.2, 0) is 33.9 Å². The van der Waals surface area contributed by atoms with E-state index in [0.29, 0.717) is 48.1 Å². The summed E-state index contributed by atoms with van der Waals surface area (Å²) >= 11 is 1.31. The molecule has 15 nitrogen and oxygen atoms in total. The Kier molecular flexibility index (Phi) is 12.0. The molecule has 4 amide bonds. The number of hydrogen-bond acceptors (Lipinski definition) is 12. The zero-order valence-corrected chi connectivity index (χ0v) is 37.1. The number of aryl methyl sites for hydroxylation is 1. The van der Waals surface area contributed by atoms with Crippen molar-refractivity contribution in [2.45, 2.75) is 75.3 Å². The van der Waals surface area contributed by atoms with E-state index in [9.17, 15) is 24.3 Å². The monoisotopic (exact) mass is 940 g/mol. The fraction of sp³-hybridized carbons (Fsp3) is 0.404. The highest BCUT2D eigenvalue weighted by molar-refractivity contribution is 7.13. The first-order valence-electron chi connectivity index (χ1n) is 22.4. The van der Waals surface area contributed by atoms with Crippen LogP contribution in [0.2, 0.25) is 0 Å². The molecule has 67 heavy (non-hydrogen) atoms. The number of nitrogens with zero attached hydrogens (tertiary/aromatic N) is 7. The van der Waals surface area contributed by atoms with E-state index in [0.717, 1.165) is 36.8 Å². The van der Waals surface area contributed by atoms with Crippen LogP contribution < -0.4 is 20.9 Å². The van der Waals surface area contributed by atoms with Gasteiger partial charge in [-0.1, -0.05) is 18.2 Å². The van der Waals surface area contributed by atoms with Gasteiger partial charge < -0.3 is 35.0 Å². The molecule has 0 saturated carbocycles. The summed E-state index contributed by atoms with van der Waals surface area (Å²) in [4.78, 5) is 66.6. The van der Waals surface area contributed by atoms with Crippen molar-refractivity contribution in [3.8, 4) is 11.1 Å². The minimum Gasteiger partial charge on any atom is -0.374 e. The van der Waals surface area contributed by atoms with Gasteiger partial charge in [-0.3, -0.25) is 29.4 Å². The number of alkyl halides is 2. The number of imide groups is 1. The first kappa shape index (κ1) is 44.5. The van der Waals surface area contributed by atoms with Gasteiger partial charge in [-0.25, -0.2) is 27.5 Å². The van der Waals surface area contributed by atoms with Crippen molar-refractivity contribution in [3.63, 3.8) is 0 Å². The van der Waals surface area contributed by atoms with Crippen molar-refractivity contribution in [3.05, 3.63) is 112 Å². The molecule has 4 N–H and O–H groups in total. The minimum absolute atomic E-state index is 0.0428. The second-order valence-corrected chi connectivity index (χ2v) is 18.7. The number of aromatic nitrogens is 3. The Morgan fingerprint density at radius 1 is 0.925 bits per heavy atom. The van der Waals surface area contributed by atoms with Crippen LogP contribution in [0.5, 0.6) is 0 Å². The molecule has 350 valence electrons. The van der Waals surface area contributed by atoms with Crippen LogP contribution in [0, 0.1) is 11.6 Å². The summed E-state index contributed by atoms with van der Waals surface area (Å²) in [7, 11) is 0. The number of imidazole rings is 1. The number of carbonyl (C=O) groups is 4. The average molecular weight is 941 g/mol. The van der Waals surface area contributed by atoms with Gasteiger partial charge in [0.25, 0.3) is 11.8 Å². The number of thiazole rings is 1. The lowest BCUT2D eigenvalue weighted by molar-refractivity contribution is -0.137. The predicted octanol–water partition coefficient (Wildman–Crippen LogP) is 5.35. The van der Waals surface area contributed by atoms with Crippen LogP contribution in [-0.4, -0.2) is 122 Å². The zero-order valence-electron chi connectivity index (χ0n) is 36.3. The van der Waals surface area contributed by atoms with Crippen LogP contribution >= 0.6 is 11.3 Å². The SMILES string of the molecule is O=C1CCC(Nc2ccc(C3CCN(CC(=O)N4CCN(c5ccc(-c6cc(F)c7c(c6)C(=O)N(C(c6ncn8c6CCC8)C(O)Nc6nccs6)C7)cc5)CC4)CC3(F)F)c(F)c2)C(=O)N1. The summed E-state index contributed by atoms with van der Waals surface area (Å²) in [6, 6.07) is 12.8. The molecule has 5 aliphatic rings. The minimum atomic E-state index is -3.31. The summed E-state index contributed by atoms with van der Waals surface area (Å²) in [5.41, 5.74) is 4.18. The Balaban J connectivity index is 0.739. The smallest absolute Gasteiger partial charge is 0.267 e. The van der Waals surface area contributed by atoms with Crippen LogP contribution in [0.25, 0.3) is 11.1 Å². The number of anilines is 3. The number of piperazine rings is 1. The van der Waals surface area contributed by atoms with Crippen molar-refractivity contribution in [2.75, 3.05) is 61.3 Å². The normalized spacial score (nSPS) is 21.5. The van der Waals surface area contributed by atoms with Gasteiger partial charge in [-0.05, 0) is 85.3 Å². The van der Waals surface area contributed by atoms with Crippen LogP contribution in [0.4, 0.5) is 34.1 Å². The van der Waals surface area contributed by atoms with Crippen molar-refractivity contribution in [2.24, 2.45) is 0 Å². The van der Waals surface area contributed by atoms with Crippen LogP contribution in [0.3, 0.4) is 0 Å². The van der Waals surface area contributed by atoms with Gasteiger partial charge in [0.15, 0.2) is 11.4 Å². The molecular weight excluding hydrogens is 893 g/mol. The van der Waals surface area contributed by atoms with E-state index in [4.69, 9.17) is 0 Å². The Labute approximate surface area is 386 Å². The predicted molar refractivity (Wildman–Crippen MR) is 240 cm³/mol. The number of piperidine rings is 2.